The SMILES string of the molecule is OC1(OC2CCCCO2)CCCO1. The van der Waals surface area contributed by atoms with E-state index in [-0.39, 0.29) is 6.29 Å². The topological polar surface area (TPSA) is 47.9 Å². The van der Waals surface area contributed by atoms with Crippen LogP contribution in [0.15, 0.2) is 0 Å². The minimum absolute atomic E-state index is 0.281. The van der Waals surface area contributed by atoms with E-state index in [1.807, 2.05) is 0 Å². The maximum atomic E-state index is 9.72. The van der Waals surface area contributed by atoms with Crippen molar-refractivity contribution < 1.29 is 19.3 Å². The smallest absolute Gasteiger partial charge is 0.282 e. The lowest BCUT2D eigenvalue weighted by Crippen LogP contribution is -2.38. The van der Waals surface area contributed by atoms with Crippen molar-refractivity contribution in [3.05, 3.63) is 0 Å². The molecule has 0 bridgehead atoms. The fourth-order valence-electron chi connectivity index (χ4n) is 1.70. The van der Waals surface area contributed by atoms with Crippen LogP contribution in [0.25, 0.3) is 0 Å². The van der Waals surface area contributed by atoms with Crippen LogP contribution in [-0.4, -0.2) is 30.6 Å². The van der Waals surface area contributed by atoms with Crippen LogP contribution in [0, 0.1) is 0 Å². The number of aliphatic hydroxyl groups is 1. The first-order valence-corrected chi connectivity index (χ1v) is 4.94. The summed E-state index contributed by atoms with van der Waals surface area (Å²) < 4.78 is 15.8. The summed E-state index contributed by atoms with van der Waals surface area (Å²) in [5.74, 6) is -1.37. The lowest BCUT2D eigenvalue weighted by atomic mass is 10.2. The second-order valence-corrected chi connectivity index (χ2v) is 3.58. The fraction of sp³-hybridized carbons (Fsp3) is 1.00. The number of hydrogen-bond acceptors (Lipinski definition) is 4. The molecular formula is C9H16O4. The zero-order valence-electron chi connectivity index (χ0n) is 7.70. The fourth-order valence-corrected chi connectivity index (χ4v) is 1.70. The van der Waals surface area contributed by atoms with E-state index in [0.29, 0.717) is 13.0 Å². The van der Waals surface area contributed by atoms with Gasteiger partial charge in [-0.25, -0.2) is 0 Å². The third kappa shape index (κ3) is 2.40. The Kier molecular flexibility index (Phi) is 2.83. The van der Waals surface area contributed by atoms with Gasteiger partial charge in [0.2, 0.25) is 0 Å². The number of rotatable bonds is 2. The van der Waals surface area contributed by atoms with Crippen LogP contribution < -0.4 is 0 Å². The van der Waals surface area contributed by atoms with Gasteiger partial charge in [-0.1, -0.05) is 0 Å². The van der Waals surface area contributed by atoms with Crippen molar-refractivity contribution in [1.29, 1.82) is 0 Å². The van der Waals surface area contributed by atoms with Crippen LogP contribution >= 0.6 is 0 Å². The Balaban J connectivity index is 1.81. The van der Waals surface area contributed by atoms with Crippen LogP contribution in [0.1, 0.15) is 32.1 Å². The van der Waals surface area contributed by atoms with E-state index >= 15 is 0 Å². The summed E-state index contributed by atoms with van der Waals surface area (Å²) in [4.78, 5) is 0. The highest BCUT2D eigenvalue weighted by Crippen LogP contribution is 2.28. The summed E-state index contributed by atoms with van der Waals surface area (Å²) in [5.41, 5.74) is 0. The minimum atomic E-state index is -1.37. The lowest BCUT2D eigenvalue weighted by Gasteiger charge is -2.30. The predicted molar refractivity (Wildman–Crippen MR) is 44.8 cm³/mol. The molecule has 0 aromatic heterocycles. The average Bonchev–Trinajstić information content (AvgIpc) is 2.54. The van der Waals surface area contributed by atoms with Gasteiger partial charge in [-0.3, -0.25) is 4.74 Å². The molecule has 0 saturated carbocycles. The lowest BCUT2D eigenvalue weighted by molar-refractivity contribution is -0.390. The molecule has 0 aliphatic carbocycles. The molecule has 2 aliphatic rings. The molecular weight excluding hydrogens is 172 g/mol. The van der Waals surface area contributed by atoms with E-state index in [1.54, 1.807) is 0 Å². The van der Waals surface area contributed by atoms with Gasteiger partial charge in [0.05, 0.1) is 6.61 Å². The van der Waals surface area contributed by atoms with E-state index in [4.69, 9.17) is 14.2 Å². The van der Waals surface area contributed by atoms with Crippen molar-refractivity contribution >= 4 is 0 Å². The molecule has 2 saturated heterocycles. The Bertz CT molecular complexity index is 159. The largest absolute Gasteiger partial charge is 0.352 e. The maximum Gasteiger partial charge on any atom is 0.282 e. The van der Waals surface area contributed by atoms with E-state index in [2.05, 4.69) is 0 Å². The molecule has 4 heteroatoms. The highest BCUT2D eigenvalue weighted by Gasteiger charge is 2.37. The molecule has 2 aliphatic heterocycles. The second-order valence-electron chi connectivity index (χ2n) is 3.58. The summed E-state index contributed by atoms with van der Waals surface area (Å²) in [6.45, 7) is 1.30. The molecule has 2 unspecified atom stereocenters. The zero-order valence-corrected chi connectivity index (χ0v) is 7.70. The Labute approximate surface area is 77.8 Å². The minimum Gasteiger partial charge on any atom is -0.352 e. The van der Waals surface area contributed by atoms with E-state index in [1.165, 1.54) is 0 Å². The Morgan fingerprint density at radius 1 is 1.23 bits per heavy atom. The molecule has 0 spiro atoms. The van der Waals surface area contributed by atoms with Crippen LogP contribution in [0.2, 0.25) is 0 Å². The van der Waals surface area contributed by atoms with Crippen molar-refractivity contribution in [3.63, 3.8) is 0 Å². The van der Waals surface area contributed by atoms with E-state index < -0.39 is 5.97 Å². The Morgan fingerprint density at radius 2 is 2.15 bits per heavy atom. The van der Waals surface area contributed by atoms with Crippen LogP contribution in [0.5, 0.6) is 0 Å². The molecule has 4 nitrogen and oxygen atoms in total. The first kappa shape index (κ1) is 9.40. The molecule has 2 heterocycles. The first-order chi connectivity index (χ1) is 6.29. The van der Waals surface area contributed by atoms with Crippen molar-refractivity contribution in [2.24, 2.45) is 0 Å². The molecule has 2 atom stereocenters. The van der Waals surface area contributed by atoms with Gasteiger partial charge in [0.15, 0.2) is 6.29 Å². The molecule has 0 aromatic carbocycles. The van der Waals surface area contributed by atoms with Crippen molar-refractivity contribution in [1.82, 2.24) is 0 Å². The van der Waals surface area contributed by atoms with Gasteiger partial charge in [-0.05, 0) is 25.7 Å². The summed E-state index contributed by atoms with van der Waals surface area (Å²) in [7, 11) is 0. The average molecular weight is 188 g/mol. The summed E-state index contributed by atoms with van der Waals surface area (Å²) >= 11 is 0. The Morgan fingerprint density at radius 3 is 2.77 bits per heavy atom. The molecule has 13 heavy (non-hydrogen) atoms. The van der Waals surface area contributed by atoms with Gasteiger partial charge in [0, 0.05) is 13.0 Å². The molecule has 0 aromatic rings. The van der Waals surface area contributed by atoms with Gasteiger partial charge in [0.25, 0.3) is 5.97 Å². The molecule has 0 radical (unpaired) electrons. The van der Waals surface area contributed by atoms with E-state index in [9.17, 15) is 5.11 Å². The van der Waals surface area contributed by atoms with Crippen LogP contribution in [0.4, 0.5) is 0 Å². The van der Waals surface area contributed by atoms with Crippen molar-refractivity contribution in [3.8, 4) is 0 Å². The third-order valence-electron chi connectivity index (χ3n) is 2.42. The summed E-state index contributed by atoms with van der Waals surface area (Å²) in [5, 5.41) is 9.72. The first-order valence-electron chi connectivity index (χ1n) is 4.94. The molecule has 1 N–H and O–H groups in total. The predicted octanol–water partition coefficient (Wildman–Crippen LogP) is 0.986. The molecule has 2 fully saturated rings. The monoisotopic (exact) mass is 188 g/mol. The van der Waals surface area contributed by atoms with E-state index in [0.717, 1.165) is 32.3 Å². The number of ether oxygens (including phenoxy) is 3. The maximum absolute atomic E-state index is 9.72. The molecule has 0 amide bonds. The Hall–Kier alpha value is -0.160. The molecule has 2 rings (SSSR count). The van der Waals surface area contributed by atoms with Gasteiger partial charge in [0.1, 0.15) is 0 Å². The van der Waals surface area contributed by atoms with Crippen LogP contribution in [0.3, 0.4) is 0 Å². The summed E-state index contributed by atoms with van der Waals surface area (Å²) in [6, 6.07) is 0. The molecule has 76 valence electrons. The highest BCUT2D eigenvalue weighted by atomic mass is 16.9. The standard InChI is InChI=1S/C9H16O4/c10-9(5-3-7-12-9)13-8-4-1-2-6-11-8/h8,10H,1-7H2. The van der Waals surface area contributed by atoms with Gasteiger partial charge >= 0.3 is 0 Å². The van der Waals surface area contributed by atoms with Crippen molar-refractivity contribution in [2.75, 3.05) is 13.2 Å². The van der Waals surface area contributed by atoms with Crippen molar-refractivity contribution in [2.45, 2.75) is 44.4 Å². The second kappa shape index (κ2) is 3.92. The van der Waals surface area contributed by atoms with Gasteiger partial charge in [-0.2, -0.15) is 0 Å². The highest BCUT2D eigenvalue weighted by molar-refractivity contribution is 4.65. The van der Waals surface area contributed by atoms with Gasteiger partial charge in [-0.15, -0.1) is 0 Å². The van der Waals surface area contributed by atoms with Crippen LogP contribution in [-0.2, 0) is 14.2 Å². The zero-order chi connectivity index (χ0) is 9.15. The van der Waals surface area contributed by atoms with Gasteiger partial charge < -0.3 is 14.6 Å². The normalized spacial score (nSPS) is 40.8. The number of hydrogen-bond donors (Lipinski definition) is 1. The third-order valence-corrected chi connectivity index (χ3v) is 2.42. The summed E-state index contributed by atoms with van der Waals surface area (Å²) in [6.07, 6.45) is 4.15. The quantitative estimate of drug-likeness (QED) is 0.656.